The molecule has 2 unspecified atom stereocenters. The van der Waals surface area contributed by atoms with E-state index in [1.54, 1.807) is 6.07 Å². The second-order valence-electron chi connectivity index (χ2n) is 2.21. The number of aromatic amines is 1. The third-order valence-electron chi connectivity index (χ3n) is 1.39. The van der Waals surface area contributed by atoms with E-state index in [9.17, 15) is 5.11 Å². The molecule has 1 heterocycles. The first-order valence-electron chi connectivity index (χ1n) is 3.22. The first-order chi connectivity index (χ1) is 5.25. The zero-order valence-corrected chi connectivity index (χ0v) is 6.70. The van der Waals surface area contributed by atoms with Gasteiger partial charge in [-0.05, 0) is 6.07 Å². The van der Waals surface area contributed by atoms with E-state index in [0.717, 1.165) is 0 Å². The van der Waals surface area contributed by atoms with Crippen LogP contribution in [0.15, 0.2) is 12.3 Å². The molecule has 5 heteroatoms. The van der Waals surface area contributed by atoms with Gasteiger partial charge in [-0.15, -0.1) is 0 Å². The molecule has 1 aromatic heterocycles. The molecule has 0 fully saturated rings. The third-order valence-corrected chi connectivity index (χ3v) is 1.77. The molecule has 3 N–H and O–H groups in total. The van der Waals surface area contributed by atoms with Crippen LogP contribution < -0.4 is 0 Å². The van der Waals surface area contributed by atoms with Crippen LogP contribution in [-0.2, 0) is 0 Å². The number of aromatic nitrogens is 2. The van der Waals surface area contributed by atoms with Gasteiger partial charge >= 0.3 is 0 Å². The fourth-order valence-electron chi connectivity index (χ4n) is 0.738. The summed E-state index contributed by atoms with van der Waals surface area (Å²) in [5.41, 5.74) is 0.506. The van der Waals surface area contributed by atoms with Gasteiger partial charge in [0.2, 0.25) is 0 Å². The minimum Gasteiger partial charge on any atom is -0.389 e. The zero-order valence-electron chi connectivity index (χ0n) is 5.81. The lowest BCUT2D eigenvalue weighted by molar-refractivity contribution is 0.0310. The predicted octanol–water partition coefficient (Wildman–Crippen LogP) is -0.266. The second kappa shape index (κ2) is 3.75. The Morgan fingerprint density at radius 2 is 2.36 bits per heavy atom. The molecule has 62 valence electrons. The highest BCUT2D eigenvalue weighted by atomic mass is 32.1. The van der Waals surface area contributed by atoms with Gasteiger partial charge in [0.15, 0.2) is 0 Å². The molecule has 1 aromatic rings. The van der Waals surface area contributed by atoms with Crippen molar-refractivity contribution < 1.29 is 10.2 Å². The molecule has 0 saturated carbocycles. The summed E-state index contributed by atoms with van der Waals surface area (Å²) in [7, 11) is 0. The quantitative estimate of drug-likeness (QED) is 0.477. The SMILES string of the molecule is OC(CS)C(O)c1ccn[nH]1. The Balaban J connectivity index is 2.62. The maximum absolute atomic E-state index is 9.31. The van der Waals surface area contributed by atoms with E-state index in [-0.39, 0.29) is 5.75 Å². The molecular formula is C6H10N2O2S. The fraction of sp³-hybridized carbons (Fsp3) is 0.500. The molecule has 0 amide bonds. The van der Waals surface area contributed by atoms with Crippen molar-refractivity contribution in [3.63, 3.8) is 0 Å². The van der Waals surface area contributed by atoms with Crippen LogP contribution in [0.1, 0.15) is 11.8 Å². The summed E-state index contributed by atoms with van der Waals surface area (Å²) in [4.78, 5) is 0. The van der Waals surface area contributed by atoms with Crippen molar-refractivity contribution in [1.82, 2.24) is 10.2 Å². The number of nitrogens with zero attached hydrogens (tertiary/aromatic N) is 1. The Kier molecular flexibility index (Phi) is 2.92. The first kappa shape index (κ1) is 8.58. The summed E-state index contributed by atoms with van der Waals surface area (Å²) in [5.74, 6) is 0.222. The fourth-order valence-corrected chi connectivity index (χ4v) is 0.938. The number of hydrogen-bond donors (Lipinski definition) is 4. The van der Waals surface area contributed by atoms with Crippen molar-refractivity contribution in [2.24, 2.45) is 0 Å². The maximum atomic E-state index is 9.31. The van der Waals surface area contributed by atoms with Crippen LogP contribution in [0.5, 0.6) is 0 Å². The lowest BCUT2D eigenvalue weighted by Gasteiger charge is -2.12. The Morgan fingerprint density at radius 1 is 1.64 bits per heavy atom. The molecule has 4 nitrogen and oxygen atoms in total. The maximum Gasteiger partial charge on any atom is 0.122 e. The molecule has 0 radical (unpaired) electrons. The average molecular weight is 174 g/mol. The van der Waals surface area contributed by atoms with Crippen LogP contribution >= 0.6 is 12.6 Å². The molecule has 11 heavy (non-hydrogen) atoms. The van der Waals surface area contributed by atoms with Gasteiger partial charge in [-0.1, -0.05) is 0 Å². The topological polar surface area (TPSA) is 69.1 Å². The molecule has 2 atom stereocenters. The summed E-state index contributed by atoms with van der Waals surface area (Å²) >= 11 is 3.84. The number of thiol groups is 1. The monoisotopic (exact) mass is 174 g/mol. The summed E-state index contributed by atoms with van der Waals surface area (Å²) in [6, 6.07) is 1.61. The first-order valence-corrected chi connectivity index (χ1v) is 3.85. The van der Waals surface area contributed by atoms with E-state index in [0.29, 0.717) is 5.69 Å². The van der Waals surface area contributed by atoms with E-state index >= 15 is 0 Å². The molecule has 0 aliphatic rings. The van der Waals surface area contributed by atoms with Crippen LogP contribution in [0.4, 0.5) is 0 Å². The Morgan fingerprint density at radius 3 is 2.82 bits per heavy atom. The van der Waals surface area contributed by atoms with E-state index in [1.807, 2.05) is 0 Å². The molecule has 0 aromatic carbocycles. The summed E-state index contributed by atoms with van der Waals surface area (Å²) < 4.78 is 0. The standard InChI is InChI=1S/C6H10N2O2S/c9-5(3-11)6(10)4-1-2-7-8-4/h1-2,5-6,9-11H,3H2,(H,7,8). The molecule has 1 rings (SSSR count). The summed E-state index contributed by atoms with van der Waals surface area (Å²) in [6.45, 7) is 0. The molecule has 0 spiro atoms. The van der Waals surface area contributed by atoms with Gasteiger partial charge in [0.25, 0.3) is 0 Å². The van der Waals surface area contributed by atoms with Crippen molar-refractivity contribution in [3.8, 4) is 0 Å². The predicted molar refractivity (Wildman–Crippen MR) is 43.4 cm³/mol. The van der Waals surface area contributed by atoms with Gasteiger partial charge in [0.1, 0.15) is 6.10 Å². The van der Waals surface area contributed by atoms with E-state index in [2.05, 4.69) is 22.8 Å². The van der Waals surface area contributed by atoms with Gasteiger partial charge in [-0.3, -0.25) is 5.10 Å². The summed E-state index contributed by atoms with van der Waals surface area (Å²) in [6.07, 6.45) is -0.252. The van der Waals surface area contributed by atoms with Crippen LogP contribution in [0.2, 0.25) is 0 Å². The van der Waals surface area contributed by atoms with Gasteiger partial charge in [-0.2, -0.15) is 17.7 Å². The molecule has 0 saturated heterocycles. The van der Waals surface area contributed by atoms with Gasteiger partial charge in [0, 0.05) is 11.9 Å². The number of nitrogens with one attached hydrogen (secondary N) is 1. The van der Waals surface area contributed by atoms with Crippen LogP contribution in [-0.4, -0.2) is 32.3 Å². The van der Waals surface area contributed by atoms with E-state index in [1.165, 1.54) is 6.20 Å². The van der Waals surface area contributed by atoms with Crippen molar-refractivity contribution in [1.29, 1.82) is 0 Å². The van der Waals surface area contributed by atoms with Gasteiger partial charge in [-0.25, -0.2) is 0 Å². The van der Waals surface area contributed by atoms with Crippen molar-refractivity contribution in [3.05, 3.63) is 18.0 Å². The second-order valence-corrected chi connectivity index (χ2v) is 2.57. The van der Waals surface area contributed by atoms with Crippen LogP contribution in [0, 0.1) is 0 Å². The number of aliphatic hydroxyl groups is 2. The van der Waals surface area contributed by atoms with E-state index in [4.69, 9.17) is 5.11 Å². The minimum atomic E-state index is -0.921. The van der Waals surface area contributed by atoms with Crippen molar-refractivity contribution in [2.45, 2.75) is 12.2 Å². The van der Waals surface area contributed by atoms with Crippen molar-refractivity contribution in [2.75, 3.05) is 5.75 Å². The van der Waals surface area contributed by atoms with Gasteiger partial charge in [0.05, 0.1) is 11.8 Å². The van der Waals surface area contributed by atoms with Gasteiger partial charge < -0.3 is 10.2 Å². The highest BCUT2D eigenvalue weighted by Gasteiger charge is 2.17. The average Bonchev–Trinajstić information content (AvgIpc) is 2.53. The normalized spacial score (nSPS) is 16.3. The molecular weight excluding hydrogens is 164 g/mol. The third kappa shape index (κ3) is 1.95. The largest absolute Gasteiger partial charge is 0.389 e. The zero-order chi connectivity index (χ0) is 8.27. The molecule has 0 aliphatic heterocycles. The van der Waals surface area contributed by atoms with Crippen LogP contribution in [0.3, 0.4) is 0 Å². The lowest BCUT2D eigenvalue weighted by Crippen LogP contribution is -2.19. The number of rotatable bonds is 3. The van der Waals surface area contributed by atoms with E-state index < -0.39 is 12.2 Å². The highest BCUT2D eigenvalue weighted by molar-refractivity contribution is 7.80. The minimum absolute atomic E-state index is 0.222. The lowest BCUT2D eigenvalue weighted by atomic mass is 10.2. The Hall–Kier alpha value is -0.520. The number of hydrogen-bond acceptors (Lipinski definition) is 4. The molecule has 0 bridgehead atoms. The van der Waals surface area contributed by atoms with Crippen molar-refractivity contribution >= 4 is 12.6 Å². The Labute approximate surface area is 69.7 Å². The molecule has 0 aliphatic carbocycles. The number of H-pyrrole nitrogens is 1. The Bertz CT molecular complexity index is 202. The van der Waals surface area contributed by atoms with Crippen LogP contribution in [0.25, 0.3) is 0 Å². The summed E-state index contributed by atoms with van der Waals surface area (Å²) in [5, 5.41) is 24.6. The number of aliphatic hydroxyl groups excluding tert-OH is 2. The smallest absolute Gasteiger partial charge is 0.122 e. The highest BCUT2D eigenvalue weighted by Crippen LogP contribution is 2.13.